The van der Waals surface area contributed by atoms with Gasteiger partial charge in [-0.3, -0.25) is 4.89 Å². The minimum atomic E-state index is -0.499. The molecule has 0 atom stereocenters. The Hall–Kier alpha value is -1.35. The van der Waals surface area contributed by atoms with Crippen LogP contribution in [0.3, 0.4) is 0 Å². The van der Waals surface area contributed by atoms with E-state index >= 15 is 0 Å². The summed E-state index contributed by atoms with van der Waals surface area (Å²) in [5.74, 6) is -0.467. The highest BCUT2D eigenvalue weighted by Crippen LogP contribution is 2.22. The standard InChI is InChI=1S/C15H22O3/c1-14(2,3)12-9-7-11(8-10-12)13(16)17-18-15(4,5)6/h7-10H,1-6H3. The molecule has 0 aliphatic rings. The van der Waals surface area contributed by atoms with Crippen molar-refractivity contribution >= 4 is 5.97 Å². The van der Waals surface area contributed by atoms with E-state index in [1.165, 1.54) is 5.56 Å². The Morgan fingerprint density at radius 1 is 0.944 bits per heavy atom. The molecule has 0 aromatic heterocycles. The fourth-order valence-electron chi connectivity index (χ4n) is 1.32. The van der Waals surface area contributed by atoms with Crippen molar-refractivity contribution in [3.05, 3.63) is 35.4 Å². The first-order valence-corrected chi connectivity index (χ1v) is 6.10. The molecule has 0 heterocycles. The molecule has 0 aliphatic heterocycles. The lowest BCUT2D eigenvalue weighted by molar-refractivity contribution is -0.301. The van der Waals surface area contributed by atoms with Crippen molar-refractivity contribution in [2.45, 2.75) is 52.6 Å². The van der Waals surface area contributed by atoms with Crippen molar-refractivity contribution in [2.75, 3.05) is 0 Å². The number of carbonyl (C=O) groups is 1. The summed E-state index contributed by atoms with van der Waals surface area (Å²) in [5, 5.41) is 0. The summed E-state index contributed by atoms with van der Waals surface area (Å²) in [6.45, 7) is 11.9. The SMILES string of the molecule is CC(C)(C)OOC(=O)c1ccc(C(C)(C)C)cc1. The minimum Gasteiger partial charge on any atom is -0.292 e. The molecule has 1 aromatic rings. The van der Waals surface area contributed by atoms with Gasteiger partial charge in [0.25, 0.3) is 0 Å². The van der Waals surface area contributed by atoms with E-state index in [-0.39, 0.29) is 5.41 Å². The highest BCUT2D eigenvalue weighted by molar-refractivity contribution is 5.88. The molecule has 1 aromatic carbocycles. The van der Waals surface area contributed by atoms with Gasteiger partial charge in [0.2, 0.25) is 0 Å². The predicted molar refractivity (Wildman–Crippen MR) is 71.4 cm³/mol. The van der Waals surface area contributed by atoms with Crippen molar-refractivity contribution in [2.24, 2.45) is 0 Å². The molecule has 0 N–H and O–H groups in total. The highest BCUT2D eigenvalue weighted by atomic mass is 17.2. The Bertz CT molecular complexity index is 405. The molecule has 0 saturated carbocycles. The van der Waals surface area contributed by atoms with Crippen LogP contribution >= 0.6 is 0 Å². The van der Waals surface area contributed by atoms with E-state index in [0.29, 0.717) is 5.56 Å². The van der Waals surface area contributed by atoms with E-state index in [9.17, 15) is 4.79 Å². The van der Waals surface area contributed by atoms with Gasteiger partial charge in [0.15, 0.2) is 0 Å². The van der Waals surface area contributed by atoms with Crippen LogP contribution in [0.15, 0.2) is 24.3 Å². The van der Waals surface area contributed by atoms with Gasteiger partial charge in [-0.05, 0) is 43.9 Å². The van der Waals surface area contributed by atoms with Crippen LogP contribution in [0.1, 0.15) is 57.5 Å². The molecule has 0 fully saturated rings. The van der Waals surface area contributed by atoms with Crippen molar-refractivity contribution in [3.8, 4) is 0 Å². The van der Waals surface area contributed by atoms with Gasteiger partial charge >= 0.3 is 5.97 Å². The average Bonchev–Trinajstić information content (AvgIpc) is 2.24. The molecule has 3 heteroatoms. The molecule has 0 unspecified atom stereocenters. The van der Waals surface area contributed by atoms with E-state index in [4.69, 9.17) is 9.78 Å². The largest absolute Gasteiger partial charge is 0.373 e. The van der Waals surface area contributed by atoms with E-state index in [1.807, 2.05) is 32.9 Å². The summed E-state index contributed by atoms with van der Waals surface area (Å²) >= 11 is 0. The number of benzene rings is 1. The molecule has 0 spiro atoms. The second-order valence-corrected chi connectivity index (χ2v) is 6.39. The quantitative estimate of drug-likeness (QED) is 0.590. The molecule has 3 nitrogen and oxygen atoms in total. The molecule has 0 radical (unpaired) electrons. The molecule has 100 valence electrons. The third-order valence-electron chi connectivity index (χ3n) is 2.35. The summed E-state index contributed by atoms with van der Waals surface area (Å²) in [5.41, 5.74) is 1.24. The Morgan fingerprint density at radius 2 is 1.44 bits per heavy atom. The second-order valence-electron chi connectivity index (χ2n) is 6.39. The van der Waals surface area contributed by atoms with Gasteiger partial charge in [0.1, 0.15) is 5.60 Å². The summed E-state index contributed by atoms with van der Waals surface area (Å²) in [6, 6.07) is 7.39. The minimum absolute atomic E-state index is 0.0738. The fourth-order valence-corrected chi connectivity index (χ4v) is 1.32. The van der Waals surface area contributed by atoms with Crippen molar-refractivity contribution in [3.63, 3.8) is 0 Å². The summed E-state index contributed by atoms with van der Waals surface area (Å²) < 4.78 is 0. The van der Waals surface area contributed by atoms with Gasteiger partial charge in [0.05, 0.1) is 5.56 Å². The average molecular weight is 250 g/mol. The van der Waals surface area contributed by atoms with Crippen molar-refractivity contribution in [1.29, 1.82) is 0 Å². The van der Waals surface area contributed by atoms with Crippen LogP contribution in [-0.4, -0.2) is 11.6 Å². The van der Waals surface area contributed by atoms with Gasteiger partial charge in [0, 0.05) is 0 Å². The van der Waals surface area contributed by atoms with E-state index < -0.39 is 11.6 Å². The van der Waals surface area contributed by atoms with E-state index in [1.54, 1.807) is 12.1 Å². The Morgan fingerprint density at radius 3 is 1.83 bits per heavy atom. The zero-order valence-corrected chi connectivity index (χ0v) is 12.0. The van der Waals surface area contributed by atoms with Gasteiger partial charge in [-0.15, -0.1) is 0 Å². The molecule has 0 saturated heterocycles. The molecule has 1 rings (SSSR count). The Kier molecular flexibility index (Phi) is 4.17. The molecular weight excluding hydrogens is 228 g/mol. The van der Waals surface area contributed by atoms with Crippen molar-refractivity contribution in [1.82, 2.24) is 0 Å². The van der Waals surface area contributed by atoms with Crippen LogP contribution in [0.2, 0.25) is 0 Å². The maximum atomic E-state index is 11.7. The number of hydrogen-bond donors (Lipinski definition) is 0. The molecule has 0 bridgehead atoms. The van der Waals surface area contributed by atoms with Crippen LogP contribution in [0.25, 0.3) is 0 Å². The zero-order valence-electron chi connectivity index (χ0n) is 12.0. The van der Waals surface area contributed by atoms with Gasteiger partial charge in [-0.1, -0.05) is 32.9 Å². The normalized spacial score (nSPS) is 12.3. The Balaban J connectivity index is 2.71. The number of rotatable bonds is 2. The van der Waals surface area contributed by atoms with E-state index in [0.717, 1.165) is 0 Å². The Labute approximate surface area is 109 Å². The maximum Gasteiger partial charge on any atom is 0.373 e. The molecule has 0 aliphatic carbocycles. The first-order chi connectivity index (χ1) is 8.09. The maximum absolute atomic E-state index is 11.7. The third kappa shape index (κ3) is 4.49. The first-order valence-electron chi connectivity index (χ1n) is 6.10. The monoisotopic (exact) mass is 250 g/mol. The lowest BCUT2D eigenvalue weighted by Gasteiger charge is -2.19. The zero-order chi connectivity index (χ0) is 14.0. The van der Waals surface area contributed by atoms with Crippen LogP contribution in [-0.2, 0) is 15.2 Å². The topological polar surface area (TPSA) is 35.5 Å². The first kappa shape index (κ1) is 14.7. The molecular formula is C15H22O3. The van der Waals surface area contributed by atoms with Gasteiger partial charge in [-0.2, -0.15) is 4.89 Å². The van der Waals surface area contributed by atoms with Gasteiger partial charge in [-0.25, -0.2) is 4.79 Å². The summed E-state index contributed by atoms with van der Waals surface area (Å²) in [7, 11) is 0. The lowest BCUT2D eigenvalue weighted by atomic mass is 9.87. The van der Waals surface area contributed by atoms with Crippen LogP contribution in [0.5, 0.6) is 0 Å². The van der Waals surface area contributed by atoms with E-state index in [2.05, 4.69) is 20.8 Å². The number of carbonyl (C=O) groups excluding carboxylic acids is 1. The highest BCUT2D eigenvalue weighted by Gasteiger charge is 2.18. The summed E-state index contributed by atoms with van der Waals surface area (Å²) in [4.78, 5) is 21.5. The molecule has 18 heavy (non-hydrogen) atoms. The third-order valence-corrected chi connectivity index (χ3v) is 2.35. The predicted octanol–water partition coefficient (Wildman–Crippen LogP) is 3.87. The smallest absolute Gasteiger partial charge is 0.292 e. The van der Waals surface area contributed by atoms with Crippen LogP contribution < -0.4 is 0 Å². The summed E-state index contributed by atoms with van der Waals surface area (Å²) in [6.07, 6.45) is 0. The van der Waals surface area contributed by atoms with Crippen molar-refractivity contribution < 1.29 is 14.6 Å². The number of hydrogen-bond acceptors (Lipinski definition) is 3. The van der Waals surface area contributed by atoms with Gasteiger partial charge < -0.3 is 0 Å². The van der Waals surface area contributed by atoms with Crippen LogP contribution in [0, 0.1) is 0 Å². The molecule has 0 amide bonds. The second kappa shape index (κ2) is 5.11. The fraction of sp³-hybridized carbons (Fsp3) is 0.533. The van der Waals surface area contributed by atoms with Crippen LogP contribution in [0.4, 0.5) is 0 Å². The lowest BCUT2D eigenvalue weighted by Crippen LogP contribution is -2.22.